The smallest absolute Gasteiger partial charge is 0.248 e. The lowest BCUT2D eigenvalue weighted by molar-refractivity contribution is -0.152. The van der Waals surface area contributed by atoms with Gasteiger partial charge in [0.05, 0.1) is 19.0 Å². The van der Waals surface area contributed by atoms with Gasteiger partial charge in [0.2, 0.25) is 15.9 Å². The summed E-state index contributed by atoms with van der Waals surface area (Å²) in [6.07, 6.45) is 3.67. The van der Waals surface area contributed by atoms with Crippen LogP contribution in [0.25, 0.3) is 0 Å². The summed E-state index contributed by atoms with van der Waals surface area (Å²) in [6.45, 7) is 1.97. The molecule has 128 valence electrons. The molecule has 1 amide bonds. The first-order valence-electron chi connectivity index (χ1n) is 7.59. The van der Waals surface area contributed by atoms with Crippen molar-refractivity contribution in [2.75, 3.05) is 53.3 Å². The molecule has 0 bridgehead atoms. The lowest BCUT2D eigenvalue weighted by atomic mass is 9.73. The van der Waals surface area contributed by atoms with Crippen LogP contribution in [0.4, 0.5) is 0 Å². The van der Waals surface area contributed by atoms with Gasteiger partial charge in [-0.25, -0.2) is 12.7 Å². The van der Waals surface area contributed by atoms with Gasteiger partial charge in [-0.3, -0.25) is 4.79 Å². The van der Waals surface area contributed by atoms with E-state index in [0.29, 0.717) is 32.7 Å². The molecule has 7 nitrogen and oxygen atoms in total. The second kappa shape index (κ2) is 6.82. The van der Waals surface area contributed by atoms with Crippen LogP contribution in [0.1, 0.15) is 19.3 Å². The van der Waals surface area contributed by atoms with Crippen LogP contribution in [0, 0.1) is 5.41 Å². The highest BCUT2D eigenvalue weighted by molar-refractivity contribution is 7.88. The molecule has 0 aromatic carbocycles. The summed E-state index contributed by atoms with van der Waals surface area (Å²) < 4.78 is 36.7. The number of sulfonamides is 1. The number of rotatable bonds is 5. The molecule has 0 aromatic heterocycles. The molecule has 8 heteroatoms. The number of ether oxygens (including phenoxy) is 2. The van der Waals surface area contributed by atoms with Crippen molar-refractivity contribution in [1.29, 1.82) is 0 Å². The van der Waals surface area contributed by atoms with Crippen LogP contribution in [-0.4, -0.2) is 82.9 Å². The Hall–Kier alpha value is -0.700. The second-order valence-corrected chi connectivity index (χ2v) is 8.47. The standard InChI is InChI=1S/C14H26N2O5S/c1-15(2)13(17)9-20-11-14-6-4-8-21-12(14)5-7-16(10-14)22(3,18)19/h12H,4-11H2,1-3H3/t12-,14+/m1/s1. The Bertz CT molecular complexity index is 507. The van der Waals surface area contributed by atoms with Crippen molar-refractivity contribution in [1.82, 2.24) is 9.21 Å². The predicted molar refractivity (Wildman–Crippen MR) is 82.0 cm³/mol. The lowest BCUT2D eigenvalue weighted by Crippen LogP contribution is -2.58. The van der Waals surface area contributed by atoms with Crippen molar-refractivity contribution in [2.45, 2.75) is 25.4 Å². The largest absolute Gasteiger partial charge is 0.377 e. The van der Waals surface area contributed by atoms with Gasteiger partial charge in [0.1, 0.15) is 6.61 Å². The first-order valence-corrected chi connectivity index (χ1v) is 9.44. The molecule has 2 saturated heterocycles. The summed E-state index contributed by atoms with van der Waals surface area (Å²) in [7, 11) is 0.144. The summed E-state index contributed by atoms with van der Waals surface area (Å²) in [5.41, 5.74) is -0.341. The summed E-state index contributed by atoms with van der Waals surface area (Å²) in [4.78, 5) is 13.1. The second-order valence-electron chi connectivity index (χ2n) is 6.49. The maximum atomic E-state index is 11.9. The van der Waals surface area contributed by atoms with Crippen molar-refractivity contribution < 1.29 is 22.7 Å². The third kappa shape index (κ3) is 3.98. The molecular formula is C14H26N2O5S. The zero-order chi connectivity index (χ0) is 16.4. The van der Waals surface area contributed by atoms with Crippen LogP contribution < -0.4 is 0 Å². The summed E-state index contributed by atoms with van der Waals surface area (Å²) in [6, 6.07) is 0. The van der Waals surface area contributed by atoms with Gasteiger partial charge in [0, 0.05) is 39.2 Å². The molecule has 0 N–H and O–H groups in total. The Morgan fingerprint density at radius 2 is 2.18 bits per heavy atom. The van der Waals surface area contributed by atoms with E-state index in [4.69, 9.17) is 9.47 Å². The molecule has 22 heavy (non-hydrogen) atoms. The number of hydrogen-bond donors (Lipinski definition) is 0. The molecule has 2 heterocycles. The number of piperidine rings is 1. The number of nitrogens with zero attached hydrogens (tertiary/aromatic N) is 2. The number of carbonyl (C=O) groups excluding carboxylic acids is 1. The SMILES string of the molecule is CN(C)C(=O)COC[C@@]12CCCO[C@@H]1CCN(S(C)(=O)=O)C2. The quantitative estimate of drug-likeness (QED) is 0.703. The number of likely N-dealkylation sites (N-methyl/N-ethyl adjacent to an activating group) is 1. The van der Waals surface area contributed by atoms with Crippen LogP contribution >= 0.6 is 0 Å². The Kier molecular flexibility index (Phi) is 5.47. The van der Waals surface area contributed by atoms with Crippen molar-refractivity contribution >= 4 is 15.9 Å². The van der Waals surface area contributed by atoms with Crippen LogP contribution in [0.2, 0.25) is 0 Å². The van der Waals surface area contributed by atoms with E-state index in [1.807, 2.05) is 0 Å². The van der Waals surface area contributed by atoms with E-state index >= 15 is 0 Å². The number of carbonyl (C=O) groups is 1. The van der Waals surface area contributed by atoms with Crippen LogP contribution in [-0.2, 0) is 24.3 Å². The van der Waals surface area contributed by atoms with Crippen LogP contribution in [0.15, 0.2) is 0 Å². The molecular weight excluding hydrogens is 308 g/mol. The van der Waals surface area contributed by atoms with Gasteiger partial charge in [-0.1, -0.05) is 0 Å². The van der Waals surface area contributed by atoms with E-state index in [1.54, 1.807) is 14.1 Å². The van der Waals surface area contributed by atoms with Gasteiger partial charge < -0.3 is 14.4 Å². The Labute approximate surface area is 132 Å². The van der Waals surface area contributed by atoms with Crippen molar-refractivity contribution in [3.63, 3.8) is 0 Å². The monoisotopic (exact) mass is 334 g/mol. The molecule has 0 aromatic rings. The molecule has 2 rings (SSSR count). The zero-order valence-electron chi connectivity index (χ0n) is 13.6. The highest BCUT2D eigenvalue weighted by atomic mass is 32.2. The Morgan fingerprint density at radius 1 is 1.45 bits per heavy atom. The molecule has 0 saturated carbocycles. The number of amides is 1. The average Bonchev–Trinajstić information content (AvgIpc) is 2.45. The molecule has 2 aliphatic heterocycles. The first kappa shape index (κ1) is 17.7. The number of hydrogen-bond acceptors (Lipinski definition) is 5. The third-order valence-electron chi connectivity index (χ3n) is 4.54. The molecule has 2 fully saturated rings. The summed E-state index contributed by atoms with van der Waals surface area (Å²) in [5, 5.41) is 0. The fourth-order valence-corrected chi connectivity index (χ4v) is 4.14. The molecule has 0 aliphatic carbocycles. The molecule has 0 spiro atoms. The Morgan fingerprint density at radius 3 is 2.82 bits per heavy atom. The lowest BCUT2D eigenvalue weighted by Gasteiger charge is -2.49. The fraction of sp³-hybridized carbons (Fsp3) is 0.929. The zero-order valence-corrected chi connectivity index (χ0v) is 14.4. The van der Waals surface area contributed by atoms with E-state index in [-0.39, 0.29) is 24.0 Å². The van der Waals surface area contributed by atoms with Crippen molar-refractivity contribution in [2.24, 2.45) is 5.41 Å². The minimum atomic E-state index is -3.22. The minimum Gasteiger partial charge on any atom is -0.377 e. The van der Waals surface area contributed by atoms with E-state index < -0.39 is 10.0 Å². The van der Waals surface area contributed by atoms with E-state index in [2.05, 4.69) is 0 Å². The van der Waals surface area contributed by atoms with E-state index in [9.17, 15) is 13.2 Å². The topological polar surface area (TPSA) is 76.2 Å². The first-order chi connectivity index (χ1) is 10.2. The normalized spacial score (nSPS) is 29.9. The highest BCUT2D eigenvalue weighted by Gasteiger charge is 2.48. The van der Waals surface area contributed by atoms with Gasteiger partial charge in [-0.05, 0) is 19.3 Å². The summed E-state index contributed by atoms with van der Waals surface area (Å²) in [5.74, 6) is -0.0968. The average molecular weight is 334 g/mol. The van der Waals surface area contributed by atoms with Gasteiger partial charge in [0.15, 0.2) is 0 Å². The number of fused-ring (bicyclic) bond motifs is 1. The Balaban J connectivity index is 2.05. The van der Waals surface area contributed by atoms with Crippen LogP contribution in [0.5, 0.6) is 0 Å². The van der Waals surface area contributed by atoms with E-state index in [0.717, 1.165) is 12.8 Å². The maximum Gasteiger partial charge on any atom is 0.248 e. The maximum absolute atomic E-state index is 11.9. The molecule has 0 unspecified atom stereocenters. The van der Waals surface area contributed by atoms with Gasteiger partial charge in [0.25, 0.3) is 0 Å². The van der Waals surface area contributed by atoms with Gasteiger partial charge in [-0.2, -0.15) is 0 Å². The van der Waals surface area contributed by atoms with E-state index in [1.165, 1.54) is 15.5 Å². The van der Waals surface area contributed by atoms with Crippen LogP contribution in [0.3, 0.4) is 0 Å². The molecule has 2 aliphatic rings. The van der Waals surface area contributed by atoms with Crippen molar-refractivity contribution in [3.05, 3.63) is 0 Å². The molecule has 0 radical (unpaired) electrons. The third-order valence-corrected chi connectivity index (χ3v) is 5.79. The van der Waals surface area contributed by atoms with Gasteiger partial charge in [-0.15, -0.1) is 0 Å². The predicted octanol–water partition coefficient (Wildman–Crippen LogP) is -0.0781. The summed E-state index contributed by atoms with van der Waals surface area (Å²) >= 11 is 0. The fourth-order valence-electron chi connectivity index (χ4n) is 3.21. The van der Waals surface area contributed by atoms with Crippen molar-refractivity contribution in [3.8, 4) is 0 Å². The minimum absolute atomic E-state index is 0.00806. The highest BCUT2D eigenvalue weighted by Crippen LogP contribution is 2.41. The van der Waals surface area contributed by atoms with Gasteiger partial charge >= 0.3 is 0 Å². The molecule has 2 atom stereocenters.